The third kappa shape index (κ3) is 2.06. The number of rotatable bonds is 2. The summed E-state index contributed by atoms with van der Waals surface area (Å²) in [6, 6.07) is 4.00. The summed E-state index contributed by atoms with van der Waals surface area (Å²) in [5.74, 6) is 1.48. The summed E-state index contributed by atoms with van der Waals surface area (Å²) >= 11 is 0. The van der Waals surface area contributed by atoms with Crippen LogP contribution in [0, 0.1) is 5.92 Å². The van der Waals surface area contributed by atoms with Crippen molar-refractivity contribution in [2.24, 2.45) is 5.92 Å². The molecule has 20 heavy (non-hydrogen) atoms. The number of carbonyl (C=O) groups is 1. The Morgan fingerprint density at radius 1 is 1.30 bits per heavy atom. The molecule has 5 heteroatoms. The van der Waals surface area contributed by atoms with Gasteiger partial charge in [-0.2, -0.15) is 0 Å². The van der Waals surface area contributed by atoms with Crippen LogP contribution in [0.4, 0.5) is 11.5 Å². The highest BCUT2D eigenvalue weighted by Crippen LogP contribution is 2.42. The Bertz CT molecular complexity index is 523. The fourth-order valence-electron chi connectivity index (χ4n) is 3.27. The number of anilines is 2. The molecule has 1 aromatic rings. The first-order valence-electron chi connectivity index (χ1n) is 7.26. The van der Waals surface area contributed by atoms with Gasteiger partial charge in [-0.05, 0) is 44.0 Å². The summed E-state index contributed by atoms with van der Waals surface area (Å²) < 4.78 is 0. The van der Waals surface area contributed by atoms with Gasteiger partial charge in [0.05, 0.1) is 17.3 Å². The van der Waals surface area contributed by atoms with Gasteiger partial charge >= 0.3 is 0 Å². The van der Waals surface area contributed by atoms with Gasteiger partial charge in [0.2, 0.25) is 5.91 Å². The number of piperidine rings is 1. The van der Waals surface area contributed by atoms with Crippen LogP contribution in [-0.4, -0.2) is 45.1 Å². The minimum atomic E-state index is -0.0583. The molecule has 2 aliphatic rings. The number of hydrogen-bond acceptors (Lipinski definition) is 4. The van der Waals surface area contributed by atoms with Gasteiger partial charge in [-0.3, -0.25) is 4.79 Å². The molecule has 0 spiro atoms. The fourth-order valence-corrected chi connectivity index (χ4v) is 3.27. The van der Waals surface area contributed by atoms with Gasteiger partial charge in [0.25, 0.3) is 0 Å². The SMILES string of the molecule is CN(C)c1ccc2c(n1)C(C1CCNCC1)C(=O)N2C. The van der Waals surface area contributed by atoms with E-state index in [0.29, 0.717) is 5.92 Å². The van der Waals surface area contributed by atoms with Crippen molar-refractivity contribution in [3.63, 3.8) is 0 Å². The van der Waals surface area contributed by atoms with Gasteiger partial charge in [0.1, 0.15) is 5.82 Å². The molecule has 1 unspecified atom stereocenters. The van der Waals surface area contributed by atoms with Crippen LogP contribution in [-0.2, 0) is 4.79 Å². The minimum Gasteiger partial charge on any atom is -0.363 e. The average molecular weight is 274 g/mol. The Morgan fingerprint density at radius 2 is 2.00 bits per heavy atom. The van der Waals surface area contributed by atoms with Crippen LogP contribution in [0.2, 0.25) is 0 Å². The number of nitrogens with one attached hydrogen (secondary N) is 1. The molecule has 1 amide bonds. The van der Waals surface area contributed by atoms with Crippen molar-refractivity contribution in [3.05, 3.63) is 17.8 Å². The van der Waals surface area contributed by atoms with E-state index in [9.17, 15) is 4.79 Å². The van der Waals surface area contributed by atoms with Crippen molar-refractivity contribution < 1.29 is 4.79 Å². The van der Waals surface area contributed by atoms with Gasteiger partial charge in [0.15, 0.2) is 0 Å². The highest BCUT2D eigenvalue weighted by Gasteiger charge is 2.42. The Labute approximate surface area is 120 Å². The summed E-state index contributed by atoms with van der Waals surface area (Å²) in [5.41, 5.74) is 1.94. The Hall–Kier alpha value is -1.62. The van der Waals surface area contributed by atoms with E-state index in [0.717, 1.165) is 43.1 Å². The molecule has 5 nitrogen and oxygen atoms in total. The van der Waals surface area contributed by atoms with Crippen molar-refractivity contribution in [3.8, 4) is 0 Å². The van der Waals surface area contributed by atoms with Crippen molar-refractivity contribution in [1.29, 1.82) is 0 Å². The first-order valence-corrected chi connectivity index (χ1v) is 7.26. The zero-order valence-electron chi connectivity index (χ0n) is 12.4. The number of aromatic nitrogens is 1. The third-order valence-corrected chi connectivity index (χ3v) is 4.45. The normalized spacial score (nSPS) is 23.1. The number of pyridine rings is 1. The lowest BCUT2D eigenvalue weighted by atomic mass is 9.83. The number of amides is 1. The predicted molar refractivity (Wildman–Crippen MR) is 80.3 cm³/mol. The summed E-state index contributed by atoms with van der Waals surface area (Å²) in [5, 5.41) is 3.36. The van der Waals surface area contributed by atoms with E-state index in [4.69, 9.17) is 4.98 Å². The zero-order chi connectivity index (χ0) is 14.3. The smallest absolute Gasteiger partial charge is 0.236 e. The molecule has 0 aliphatic carbocycles. The molecule has 3 rings (SSSR count). The Balaban J connectivity index is 2.00. The van der Waals surface area contributed by atoms with Crippen LogP contribution in [0.1, 0.15) is 24.5 Å². The van der Waals surface area contributed by atoms with Crippen LogP contribution in [0.5, 0.6) is 0 Å². The van der Waals surface area contributed by atoms with Gasteiger partial charge in [-0.1, -0.05) is 0 Å². The van der Waals surface area contributed by atoms with Gasteiger partial charge in [-0.15, -0.1) is 0 Å². The maximum atomic E-state index is 12.6. The molecule has 1 fully saturated rings. The van der Waals surface area contributed by atoms with E-state index < -0.39 is 0 Å². The van der Waals surface area contributed by atoms with Crippen molar-refractivity contribution >= 4 is 17.4 Å². The minimum absolute atomic E-state index is 0.0583. The van der Waals surface area contributed by atoms with E-state index in [1.807, 2.05) is 38.2 Å². The third-order valence-electron chi connectivity index (χ3n) is 4.45. The van der Waals surface area contributed by atoms with Gasteiger partial charge in [0, 0.05) is 21.1 Å². The van der Waals surface area contributed by atoms with Gasteiger partial charge in [-0.25, -0.2) is 4.98 Å². The molecule has 0 bridgehead atoms. The standard InChI is InChI=1S/C15H22N4O/c1-18(2)12-5-4-11-14(17-12)13(15(20)19(11)3)10-6-8-16-9-7-10/h4-5,10,13,16H,6-9H2,1-3H3. The number of carbonyl (C=O) groups excluding carboxylic acids is 1. The second-order valence-electron chi connectivity index (χ2n) is 5.93. The van der Waals surface area contributed by atoms with Crippen LogP contribution in [0.25, 0.3) is 0 Å². The molecular weight excluding hydrogens is 252 g/mol. The number of hydrogen-bond donors (Lipinski definition) is 1. The molecule has 0 saturated carbocycles. The maximum Gasteiger partial charge on any atom is 0.236 e. The molecule has 3 heterocycles. The molecule has 0 aromatic carbocycles. The Morgan fingerprint density at radius 3 is 2.65 bits per heavy atom. The van der Waals surface area contributed by atoms with E-state index >= 15 is 0 Å². The molecule has 0 radical (unpaired) electrons. The van der Waals surface area contributed by atoms with E-state index in [-0.39, 0.29) is 11.8 Å². The second kappa shape index (κ2) is 5.05. The van der Waals surface area contributed by atoms with Crippen molar-refractivity contribution in [1.82, 2.24) is 10.3 Å². The van der Waals surface area contributed by atoms with Crippen molar-refractivity contribution in [2.75, 3.05) is 44.0 Å². The van der Waals surface area contributed by atoms with E-state index in [2.05, 4.69) is 5.32 Å². The maximum absolute atomic E-state index is 12.6. The number of nitrogens with zero attached hydrogens (tertiary/aromatic N) is 3. The molecule has 108 valence electrons. The van der Waals surface area contributed by atoms with E-state index in [1.54, 1.807) is 4.90 Å². The van der Waals surface area contributed by atoms with Crippen LogP contribution in [0.15, 0.2) is 12.1 Å². The molecule has 1 saturated heterocycles. The monoisotopic (exact) mass is 274 g/mol. The zero-order valence-corrected chi connectivity index (χ0v) is 12.4. The van der Waals surface area contributed by atoms with E-state index in [1.165, 1.54) is 0 Å². The van der Waals surface area contributed by atoms with Crippen molar-refractivity contribution in [2.45, 2.75) is 18.8 Å². The Kier molecular flexibility index (Phi) is 3.38. The molecular formula is C15H22N4O. The topological polar surface area (TPSA) is 48.5 Å². The quantitative estimate of drug-likeness (QED) is 0.880. The average Bonchev–Trinajstić information content (AvgIpc) is 2.71. The number of likely N-dealkylation sites (N-methyl/N-ethyl adjacent to an activating group) is 1. The van der Waals surface area contributed by atoms with Crippen LogP contribution in [0.3, 0.4) is 0 Å². The number of fused-ring (bicyclic) bond motifs is 1. The highest BCUT2D eigenvalue weighted by molar-refractivity contribution is 6.04. The molecule has 1 aromatic heterocycles. The lowest BCUT2D eigenvalue weighted by molar-refractivity contribution is -0.120. The first-order chi connectivity index (χ1) is 9.59. The summed E-state index contributed by atoms with van der Waals surface area (Å²) in [4.78, 5) is 21.1. The molecule has 1 atom stereocenters. The first kappa shape index (κ1) is 13.4. The second-order valence-corrected chi connectivity index (χ2v) is 5.93. The molecule has 2 aliphatic heterocycles. The molecule has 1 N–H and O–H groups in total. The largest absolute Gasteiger partial charge is 0.363 e. The lowest BCUT2D eigenvalue weighted by Crippen LogP contribution is -2.35. The lowest BCUT2D eigenvalue weighted by Gasteiger charge is -2.27. The fraction of sp³-hybridized carbons (Fsp3) is 0.600. The van der Waals surface area contributed by atoms with Gasteiger partial charge < -0.3 is 15.1 Å². The van der Waals surface area contributed by atoms with Crippen LogP contribution >= 0.6 is 0 Å². The summed E-state index contributed by atoms with van der Waals surface area (Å²) in [7, 11) is 5.82. The summed E-state index contributed by atoms with van der Waals surface area (Å²) in [6.45, 7) is 2.00. The highest BCUT2D eigenvalue weighted by atomic mass is 16.2. The van der Waals surface area contributed by atoms with Crippen LogP contribution < -0.4 is 15.1 Å². The summed E-state index contributed by atoms with van der Waals surface area (Å²) in [6.07, 6.45) is 2.11. The predicted octanol–water partition coefficient (Wildman–Crippen LogP) is 1.21.